The highest BCUT2D eigenvalue weighted by Crippen LogP contribution is 2.15. The van der Waals surface area contributed by atoms with E-state index in [9.17, 15) is 19.7 Å². The van der Waals surface area contributed by atoms with Crippen LogP contribution in [0.15, 0.2) is 41.3 Å². The number of aromatic nitrogens is 1. The molecule has 0 radical (unpaired) electrons. The minimum absolute atomic E-state index is 0.117. The molecule has 0 amide bonds. The smallest absolute Gasteiger partial charge is 0.338 e. The molecular formula is C17H18N2O5. The molecule has 0 aliphatic heterocycles. The van der Waals surface area contributed by atoms with Crippen LogP contribution in [0.25, 0.3) is 0 Å². The van der Waals surface area contributed by atoms with Gasteiger partial charge in [0.05, 0.1) is 29.8 Å². The molecule has 1 aromatic heterocycles. The first-order chi connectivity index (χ1) is 11.4. The first-order valence-electron chi connectivity index (χ1n) is 7.54. The average molecular weight is 330 g/mol. The van der Waals surface area contributed by atoms with Gasteiger partial charge in [-0.1, -0.05) is 19.1 Å². The summed E-state index contributed by atoms with van der Waals surface area (Å²) in [4.78, 5) is 34.4. The maximum Gasteiger partial charge on any atom is 0.338 e. The highest BCUT2D eigenvalue weighted by atomic mass is 16.6. The van der Waals surface area contributed by atoms with E-state index in [1.807, 2.05) is 6.92 Å². The van der Waals surface area contributed by atoms with E-state index in [0.717, 1.165) is 6.42 Å². The molecule has 7 heteroatoms. The Morgan fingerprint density at radius 1 is 1.33 bits per heavy atom. The van der Waals surface area contributed by atoms with Gasteiger partial charge in [0.2, 0.25) is 0 Å². The molecule has 2 aromatic rings. The van der Waals surface area contributed by atoms with E-state index in [4.69, 9.17) is 4.74 Å². The van der Waals surface area contributed by atoms with Gasteiger partial charge in [-0.05, 0) is 31.0 Å². The second kappa shape index (κ2) is 7.54. The highest BCUT2D eigenvalue weighted by Gasteiger charge is 2.14. The number of nitrogens with zero attached hydrogens (tertiary/aromatic N) is 2. The van der Waals surface area contributed by atoms with Crippen LogP contribution in [0, 0.1) is 17.0 Å². The second-order valence-electron chi connectivity index (χ2n) is 5.40. The molecule has 7 nitrogen and oxygen atoms in total. The number of pyridine rings is 1. The van der Waals surface area contributed by atoms with Gasteiger partial charge in [0.15, 0.2) is 0 Å². The molecule has 0 N–H and O–H groups in total. The van der Waals surface area contributed by atoms with E-state index in [0.29, 0.717) is 23.3 Å². The van der Waals surface area contributed by atoms with Gasteiger partial charge in [0, 0.05) is 11.6 Å². The van der Waals surface area contributed by atoms with Crippen molar-refractivity contribution in [1.29, 1.82) is 0 Å². The lowest BCUT2D eigenvalue weighted by atomic mass is 10.1. The van der Waals surface area contributed by atoms with Crippen LogP contribution < -0.4 is 5.56 Å². The van der Waals surface area contributed by atoms with E-state index < -0.39 is 10.9 Å². The average Bonchev–Trinajstić information content (AvgIpc) is 2.55. The Morgan fingerprint density at radius 3 is 2.75 bits per heavy atom. The number of aryl methyl sites for hydroxylation is 1. The summed E-state index contributed by atoms with van der Waals surface area (Å²) in [6.07, 6.45) is 1.95. The van der Waals surface area contributed by atoms with E-state index >= 15 is 0 Å². The largest absolute Gasteiger partial charge is 0.462 e. The van der Waals surface area contributed by atoms with Crippen molar-refractivity contribution < 1.29 is 14.5 Å². The Balaban J connectivity index is 2.29. The molecule has 0 atom stereocenters. The zero-order valence-corrected chi connectivity index (χ0v) is 13.5. The number of hydrogen-bond donors (Lipinski definition) is 0. The number of ether oxygens (including phenoxy) is 1. The molecule has 0 fully saturated rings. The number of hydrogen-bond acceptors (Lipinski definition) is 5. The summed E-state index contributed by atoms with van der Waals surface area (Å²) in [6.45, 7) is 3.90. The summed E-state index contributed by atoms with van der Waals surface area (Å²) in [7, 11) is 0. The fourth-order valence-corrected chi connectivity index (χ4v) is 2.24. The lowest BCUT2D eigenvalue weighted by Gasteiger charge is -2.08. The molecule has 0 unspecified atom stereocenters. The topological polar surface area (TPSA) is 91.4 Å². The van der Waals surface area contributed by atoms with Crippen molar-refractivity contribution >= 4 is 11.7 Å². The summed E-state index contributed by atoms with van der Waals surface area (Å²) < 4.78 is 6.33. The minimum atomic E-state index is -0.524. The molecule has 24 heavy (non-hydrogen) atoms. The SMILES string of the molecule is CCCOC(=O)c1cccc(Cn2cc([N+](=O)[O-])c(C)cc2=O)c1. The van der Waals surface area contributed by atoms with Crippen molar-refractivity contribution in [3.05, 3.63) is 73.7 Å². The van der Waals surface area contributed by atoms with Gasteiger partial charge in [0.1, 0.15) is 0 Å². The monoisotopic (exact) mass is 330 g/mol. The van der Waals surface area contributed by atoms with Gasteiger partial charge in [-0.25, -0.2) is 4.79 Å². The summed E-state index contributed by atoms with van der Waals surface area (Å²) in [5.41, 5.74) is 0.931. The molecule has 1 aromatic carbocycles. The maximum absolute atomic E-state index is 12.0. The Hall–Kier alpha value is -2.96. The van der Waals surface area contributed by atoms with Crippen LogP contribution in [0.1, 0.15) is 34.8 Å². The molecule has 2 rings (SSSR count). The zero-order chi connectivity index (χ0) is 17.7. The number of carbonyl (C=O) groups excluding carboxylic acids is 1. The molecule has 0 spiro atoms. The molecule has 126 valence electrons. The lowest BCUT2D eigenvalue weighted by molar-refractivity contribution is -0.385. The summed E-state index contributed by atoms with van der Waals surface area (Å²) >= 11 is 0. The van der Waals surface area contributed by atoms with E-state index in [-0.39, 0.29) is 17.8 Å². The van der Waals surface area contributed by atoms with Gasteiger partial charge in [-0.2, -0.15) is 0 Å². The predicted octanol–water partition coefficient (Wildman–Crippen LogP) is 2.68. The first-order valence-corrected chi connectivity index (χ1v) is 7.54. The molecule has 0 saturated heterocycles. The normalized spacial score (nSPS) is 10.4. The molecular weight excluding hydrogens is 312 g/mol. The number of benzene rings is 1. The molecule has 0 aliphatic rings. The Kier molecular flexibility index (Phi) is 5.47. The van der Waals surface area contributed by atoms with Gasteiger partial charge in [0.25, 0.3) is 11.2 Å². The number of rotatable bonds is 6. The highest BCUT2D eigenvalue weighted by molar-refractivity contribution is 5.89. The Bertz CT molecular complexity index is 826. The van der Waals surface area contributed by atoms with Crippen LogP contribution in [0.2, 0.25) is 0 Å². The molecule has 0 saturated carbocycles. The molecule has 0 bridgehead atoms. The third-order valence-corrected chi connectivity index (χ3v) is 3.45. The van der Waals surface area contributed by atoms with Crippen LogP contribution in [0.3, 0.4) is 0 Å². The van der Waals surface area contributed by atoms with Gasteiger partial charge in [-0.15, -0.1) is 0 Å². The van der Waals surface area contributed by atoms with Crippen LogP contribution in [-0.2, 0) is 11.3 Å². The molecule has 1 heterocycles. The third kappa shape index (κ3) is 4.07. The van der Waals surface area contributed by atoms with Crippen molar-refractivity contribution in [3.63, 3.8) is 0 Å². The fraction of sp³-hybridized carbons (Fsp3) is 0.294. The third-order valence-electron chi connectivity index (χ3n) is 3.45. The van der Waals surface area contributed by atoms with Crippen molar-refractivity contribution in [2.45, 2.75) is 26.8 Å². The van der Waals surface area contributed by atoms with Crippen molar-refractivity contribution in [2.24, 2.45) is 0 Å². The Morgan fingerprint density at radius 2 is 2.08 bits per heavy atom. The quantitative estimate of drug-likeness (QED) is 0.461. The zero-order valence-electron chi connectivity index (χ0n) is 13.5. The standard InChI is InChI=1S/C17H18N2O5/c1-3-7-24-17(21)14-6-4-5-13(9-14)10-18-11-15(19(22)23)12(2)8-16(18)20/h4-6,8-9,11H,3,7,10H2,1-2H3. The predicted molar refractivity (Wildman–Crippen MR) is 88.2 cm³/mol. The number of esters is 1. The van der Waals surface area contributed by atoms with Crippen molar-refractivity contribution in [1.82, 2.24) is 4.57 Å². The first kappa shape index (κ1) is 17.4. The molecule has 0 aliphatic carbocycles. The number of nitro groups is 1. The summed E-state index contributed by atoms with van der Waals surface area (Å²) in [5, 5.41) is 11.0. The summed E-state index contributed by atoms with van der Waals surface area (Å²) in [5.74, 6) is -0.430. The minimum Gasteiger partial charge on any atom is -0.462 e. The van der Waals surface area contributed by atoms with E-state index in [1.54, 1.807) is 24.3 Å². The Labute approximate surface area is 138 Å². The van der Waals surface area contributed by atoms with E-state index in [1.165, 1.54) is 23.8 Å². The van der Waals surface area contributed by atoms with Crippen LogP contribution in [0.5, 0.6) is 0 Å². The van der Waals surface area contributed by atoms with Crippen molar-refractivity contribution in [3.8, 4) is 0 Å². The van der Waals surface area contributed by atoms with Gasteiger partial charge < -0.3 is 9.30 Å². The van der Waals surface area contributed by atoms with Crippen LogP contribution in [-0.4, -0.2) is 22.1 Å². The van der Waals surface area contributed by atoms with Crippen molar-refractivity contribution in [2.75, 3.05) is 6.61 Å². The second-order valence-corrected chi connectivity index (χ2v) is 5.40. The fourth-order valence-electron chi connectivity index (χ4n) is 2.24. The van der Waals surface area contributed by atoms with Crippen LogP contribution >= 0.6 is 0 Å². The van der Waals surface area contributed by atoms with Crippen LogP contribution in [0.4, 0.5) is 5.69 Å². The lowest BCUT2D eigenvalue weighted by Crippen LogP contribution is -2.20. The van der Waals surface area contributed by atoms with E-state index in [2.05, 4.69) is 0 Å². The van der Waals surface area contributed by atoms with Gasteiger partial charge >= 0.3 is 5.97 Å². The summed E-state index contributed by atoms with van der Waals surface area (Å²) in [6, 6.07) is 7.91. The van der Waals surface area contributed by atoms with Gasteiger partial charge in [-0.3, -0.25) is 14.9 Å². The maximum atomic E-state index is 12.0. The number of carbonyl (C=O) groups is 1.